The molecular weight excluding hydrogens is 304 g/mol. The van der Waals surface area contributed by atoms with Gasteiger partial charge < -0.3 is 4.57 Å². The van der Waals surface area contributed by atoms with E-state index in [0.29, 0.717) is 16.6 Å². The fourth-order valence-corrected chi connectivity index (χ4v) is 2.88. The summed E-state index contributed by atoms with van der Waals surface area (Å²) in [5.74, 6) is -1.58. The van der Waals surface area contributed by atoms with Crippen LogP contribution in [-0.4, -0.2) is 14.3 Å². The Kier molecular flexibility index (Phi) is 3.43. The quantitative estimate of drug-likeness (QED) is 0.789. The molecule has 0 bridgehead atoms. The summed E-state index contributed by atoms with van der Waals surface area (Å²) < 4.78 is 29.3. The number of halogens is 2. The van der Waals surface area contributed by atoms with E-state index in [0.717, 1.165) is 22.9 Å². The van der Waals surface area contributed by atoms with Crippen molar-refractivity contribution in [2.75, 3.05) is 0 Å². The van der Waals surface area contributed by atoms with Gasteiger partial charge in [-0.3, -0.25) is 14.7 Å². The molecule has 3 aromatic rings. The number of nitrogens with zero attached hydrogens (tertiary/aromatic N) is 2. The molecule has 0 aliphatic rings. The zero-order chi connectivity index (χ0) is 16.9. The van der Waals surface area contributed by atoms with Gasteiger partial charge in [0.05, 0.1) is 16.6 Å². The van der Waals surface area contributed by atoms with Gasteiger partial charge in [-0.05, 0) is 32.9 Å². The topological polar surface area (TPSA) is 59.8 Å². The minimum atomic E-state index is -0.788. The monoisotopic (exact) mass is 319 g/mol. The molecule has 0 radical (unpaired) electrons. The molecule has 23 heavy (non-hydrogen) atoms. The first-order valence-electron chi connectivity index (χ1n) is 7.13. The SMILES string of the molecule is Cc1c2c(=O)n(-c3cc(F)cc(F)c3)[nH]c2cc(=O)n1C(C)C. The molecule has 0 fully saturated rings. The maximum atomic E-state index is 13.4. The number of pyridine rings is 1. The van der Waals surface area contributed by atoms with E-state index >= 15 is 0 Å². The fraction of sp³-hybridized carbons (Fsp3) is 0.250. The number of aryl methyl sites for hydroxylation is 1. The Hall–Kier alpha value is -2.70. The smallest absolute Gasteiger partial charge is 0.280 e. The number of aromatic amines is 1. The second-order valence-electron chi connectivity index (χ2n) is 5.70. The maximum absolute atomic E-state index is 13.4. The van der Waals surface area contributed by atoms with Crippen LogP contribution in [0.4, 0.5) is 8.78 Å². The summed E-state index contributed by atoms with van der Waals surface area (Å²) in [7, 11) is 0. The van der Waals surface area contributed by atoms with E-state index in [1.54, 1.807) is 6.92 Å². The highest BCUT2D eigenvalue weighted by Gasteiger charge is 2.17. The van der Waals surface area contributed by atoms with E-state index in [2.05, 4.69) is 5.10 Å². The van der Waals surface area contributed by atoms with Crippen molar-refractivity contribution in [2.45, 2.75) is 26.8 Å². The Labute approximate surface area is 129 Å². The van der Waals surface area contributed by atoms with E-state index in [9.17, 15) is 18.4 Å². The summed E-state index contributed by atoms with van der Waals surface area (Å²) in [6.07, 6.45) is 0. The normalized spacial score (nSPS) is 11.6. The minimum absolute atomic E-state index is 0.0339. The van der Waals surface area contributed by atoms with Gasteiger partial charge in [-0.1, -0.05) is 0 Å². The molecule has 0 spiro atoms. The molecule has 0 saturated heterocycles. The molecule has 0 saturated carbocycles. The number of hydrogen-bond donors (Lipinski definition) is 1. The van der Waals surface area contributed by atoms with Gasteiger partial charge in [0.2, 0.25) is 0 Å². The summed E-state index contributed by atoms with van der Waals surface area (Å²) in [6.45, 7) is 5.36. The van der Waals surface area contributed by atoms with Crippen molar-refractivity contribution < 1.29 is 8.78 Å². The van der Waals surface area contributed by atoms with Gasteiger partial charge >= 0.3 is 0 Å². The second-order valence-corrected chi connectivity index (χ2v) is 5.70. The predicted octanol–water partition coefficient (Wildman–Crippen LogP) is 2.65. The van der Waals surface area contributed by atoms with Gasteiger partial charge in [0.1, 0.15) is 11.6 Å². The standard InChI is InChI=1S/C16H15F2N3O2/c1-8(2)20-9(3)15-13(7-14(20)22)19-21(16(15)23)12-5-10(17)4-11(18)6-12/h4-8,19H,1-3H3. The molecule has 0 unspecified atom stereocenters. The number of hydrogen-bond acceptors (Lipinski definition) is 2. The van der Waals surface area contributed by atoms with Crippen LogP contribution in [0, 0.1) is 18.6 Å². The van der Waals surface area contributed by atoms with Gasteiger partial charge in [0.25, 0.3) is 11.1 Å². The fourth-order valence-electron chi connectivity index (χ4n) is 2.88. The Morgan fingerprint density at radius 1 is 1.04 bits per heavy atom. The van der Waals surface area contributed by atoms with Crippen LogP contribution in [0.2, 0.25) is 0 Å². The first-order chi connectivity index (χ1) is 10.8. The van der Waals surface area contributed by atoms with Crippen molar-refractivity contribution in [1.29, 1.82) is 0 Å². The number of nitrogens with one attached hydrogen (secondary N) is 1. The molecule has 7 heteroatoms. The molecule has 0 amide bonds. The third-order valence-corrected chi connectivity index (χ3v) is 3.77. The lowest BCUT2D eigenvalue weighted by Crippen LogP contribution is -2.24. The van der Waals surface area contributed by atoms with Crippen molar-refractivity contribution in [1.82, 2.24) is 14.3 Å². The van der Waals surface area contributed by atoms with Gasteiger partial charge in [-0.15, -0.1) is 0 Å². The van der Waals surface area contributed by atoms with Crippen molar-refractivity contribution in [3.05, 3.63) is 62.3 Å². The molecule has 0 aliphatic heterocycles. The van der Waals surface area contributed by atoms with Crippen LogP contribution in [0.1, 0.15) is 25.6 Å². The lowest BCUT2D eigenvalue weighted by atomic mass is 10.2. The first kappa shape index (κ1) is 15.2. The van der Waals surface area contributed by atoms with Crippen LogP contribution in [0.25, 0.3) is 16.6 Å². The van der Waals surface area contributed by atoms with E-state index in [1.807, 2.05) is 13.8 Å². The molecule has 1 aromatic carbocycles. The number of benzene rings is 1. The largest absolute Gasteiger partial charge is 0.309 e. The molecule has 5 nitrogen and oxygen atoms in total. The van der Waals surface area contributed by atoms with Gasteiger partial charge in [0, 0.05) is 23.9 Å². The average molecular weight is 319 g/mol. The van der Waals surface area contributed by atoms with Gasteiger partial charge in [-0.25, -0.2) is 13.5 Å². The zero-order valence-electron chi connectivity index (χ0n) is 12.9. The number of rotatable bonds is 2. The molecular formula is C16H15F2N3O2. The lowest BCUT2D eigenvalue weighted by molar-refractivity contribution is 0.567. The Morgan fingerprint density at radius 2 is 1.65 bits per heavy atom. The lowest BCUT2D eigenvalue weighted by Gasteiger charge is -2.13. The van der Waals surface area contributed by atoms with Crippen LogP contribution >= 0.6 is 0 Å². The molecule has 2 aromatic heterocycles. The summed E-state index contributed by atoms with van der Waals surface area (Å²) in [4.78, 5) is 24.8. The Morgan fingerprint density at radius 3 is 2.22 bits per heavy atom. The molecule has 120 valence electrons. The van der Waals surface area contributed by atoms with Crippen LogP contribution in [0.3, 0.4) is 0 Å². The summed E-state index contributed by atoms with van der Waals surface area (Å²) in [5, 5.41) is 3.06. The summed E-state index contributed by atoms with van der Waals surface area (Å²) >= 11 is 0. The molecule has 1 N–H and O–H groups in total. The molecule has 2 heterocycles. The van der Waals surface area contributed by atoms with Gasteiger partial charge in [-0.2, -0.15) is 0 Å². The van der Waals surface area contributed by atoms with Crippen LogP contribution in [0.15, 0.2) is 33.9 Å². The summed E-state index contributed by atoms with van der Waals surface area (Å²) in [5.41, 5.74) is 0.172. The molecule has 3 rings (SSSR count). The number of aromatic nitrogens is 3. The highest BCUT2D eigenvalue weighted by atomic mass is 19.1. The van der Waals surface area contributed by atoms with E-state index in [4.69, 9.17) is 0 Å². The van der Waals surface area contributed by atoms with Crippen molar-refractivity contribution >= 4 is 10.9 Å². The maximum Gasteiger partial charge on any atom is 0.280 e. The third-order valence-electron chi connectivity index (χ3n) is 3.77. The third kappa shape index (κ3) is 2.38. The summed E-state index contributed by atoms with van der Waals surface area (Å²) in [6, 6.07) is 4.02. The van der Waals surface area contributed by atoms with E-state index in [1.165, 1.54) is 10.6 Å². The Bertz CT molecular complexity index is 1010. The Balaban J connectivity index is 2.38. The second kappa shape index (κ2) is 5.19. The van der Waals surface area contributed by atoms with Gasteiger partial charge in [0.15, 0.2) is 0 Å². The minimum Gasteiger partial charge on any atom is -0.309 e. The van der Waals surface area contributed by atoms with Crippen molar-refractivity contribution in [3.63, 3.8) is 0 Å². The number of fused-ring (bicyclic) bond motifs is 1. The van der Waals surface area contributed by atoms with Crippen LogP contribution in [-0.2, 0) is 0 Å². The van der Waals surface area contributed by atoms with Crippen LogP contribution < -0.4 is 11.1 Å². The zero-order valence-corrected chi connectivity index (χ0v) is 12.9. The number of H-pyrrole nitrogens is 1. The molecule has 0 atom stereocenters. The van der Waals surface area contributed by atoms with E-state index in [-0.39, 0.29) is 17.3 Å². The predicted molar refractivity (Wildman–Crippen MR) is 83.2 cm³/mol. The van der Waals surface area contributed by atoms with Crippen molar-refractivity contribution in [3.8, 4) is 5.69 Å². The van der Waals surface area contributed by atoms with Crippen LogP contribution in [0.5, 0.6) is 0 Å². The van der Waals surface area contributed by atoms with Crippen molar-refractivity contribution in [2.24, 2.45) is 0 Å². The van der Waals surface area contributed by atoms with E-state index < -0.39 is 17.2 Å². The molecule has 0 aliphatic carbocycles. The highest BCUT2D eigenvalue weighted by molar-refractivity contribution is 5.80. The first-order valence-corrected chi connectivity index (χ1v) is 7.13. The highest BCUT2D eigenvalue weighted by Crippen LogP contribution is 2.17. The average Bonchev–Trinajstić information content (AvgIpc) is 2.74.